The second-order valence-corrected chi connectivity index (χ2v) is 9.83. The molecule has 3 aliphatic carbocycles. The van der Waals surface area contributed by atoms with Gasteiger partial charge in [0.05, 0.1) is 12.5 Å². The summed E-state index contributed by atoms with van der Waals surface area (Å²) < 4.78 is 13.8. The second-order valence-electron chi connectivity index (χ2n) is 9.83. The molecule has 1 heterocycles. The van der Waals surface area contributed by atoms with Crippen LogP contribution in [0.4, 0.5) is 10.2 Å². The lowest BCUT2D eigenvalue weighted by molar-refractivity contribution is -0.127. The fraction of sp³-hybridized carbons (Fsp3) is 0.462. The highest BCUT2D eigenvalue weighted by Crippen LogP contribution is 2.63. The van der Waals surface area contributed by atoms with Crippen LogP contribution in [0.15, 0.2) is 48.6 Å². The monoisotopic (exact) mass is 449 g/mol. The molecule has 0 saturated heterocycles. The van der Waals surface area contributed by atoms with Gasteiger partial charge in [-0.15, -0.1) is 0 Å². The van der Waals surface area contributed by atoms with Crippen LogP contribution in [-0.4, -0.2) is 26.8 Å². The topological polar surface area (TPSA) is 92.2 Å². The molecule has 3 aliphatic rings. The largest absolute Gasteiger partial charge is 0.515 e. The first kappa shape index (κ1) is 21.7. The molecule has 2 aromatic rings. The number of anilines is 1. The minimum atomic E-state index is -0.542. The molecule has 5 atom stereocenters. The number of Topliss-reactive ketones (excluding diaryl/α,β-unsaturated/α-hetero) is 1. The molecule has 1 amide bonds. The average Bonchev–Trinajstić information content (AvgIpc) is 3.04. The molecule has 0 radical (unpaired) electrons. The minimum Gasteiger partial charge on any atom is -0.515 e. The number of nitrogens with zero attached hydrogens (tertiary/aromatic N) is 2. The fourth-order valence-corrected chi connectivity index (χ4v) is 6.84. The van der Waals surface area contributed by atoms with Gasteiger partial charge in [0, 0.05) is 29.8 Å². The molecule has 5 rings (SSSR count). The highest BCUT2D eigenvalue weighted by Gasteiger charge is 2.60. The van der Waals surface area contributed by atoms with E-state index in [0.29, 0.717) is 17.8 Å². The fourth-order valence-electron chi connectivity index (χ4n) is 6.84. The Morgan fingerprint density at radius 2 is 2.18 bits per heavy atom. The van der Waals surface area contributed by atoms with Gasteiger partial charge in [-0.25, -0.2) is 9.37 Å². The number of aromatic nitrogens is 2. The maximum absolute atomic E-state index is 13.8. The number of carbonyl (C=O) groups is 2. The van der Waals surface area contributed by atoms with E-state index in [0.717, 1.165) is 37.5 Å². The Bertz CT molecular complexity index is 1120. The number of hydrogen-bond donors (Lipinski definition) is 2. The van der Waals surface area contributed by atoms with Gasteiger partial charge in [0.1, 0.15) is 5.82 Å². The summed E-state index contributed by atoms with van der Waals surface area (Å²) in [4.78, 5) is 34.0. The van der Waals surface area contributed by atoms with Crippen LogP contribution in [0, 0.1) is 29.0 Å². The molecule has 172 valence electrons. The van der Waals surface area contributed by atoms with E-state index in [1.165, 1.54) is 30.2 Å². The molecule has 0 aliphatic heterocycles. The Balaban J connectivity index is 1.41. The Hall–Kier alpha value is -3.09. The molecule has 33 heavy (non-hydrogen) atoms. The molecule has 2 N–H and O–H groups in total. The Morgan fingerprint density at radius 3 is 2.94 bits per heavy atom. The summed E-state index contributed by atoms with van der Waals surface area (Å²) in [6.45, 7) is 2.03. The maximum Gasteiger partial charge on any atom is 0.225 e. The van der Waals surface area contributed by atoms with Crippen LogP contribution in [0.25, 0.3) is 0 Å². The first-order chi connectivity index (χ1) is 15.9. The molecular weight excluding hydrogens is 421 g/mol. The van der Waals surface area contributed by atoms with Gasteiger partial charge >= 0.3 is 0 Å². The van der Waals surface area contributed by atoms with E-state index in [9.17, 15) is 19.1 Å². The predicted molar refractivity (Wildman–Crippen MR) is 121 cm³/mol. The first-order valence-corrected chi connectivity index (χ1v) is 11.7. The quantitative estimate of drug-likeness (QED) is 0.520. The third kappa shape index (κ3) is 3.63. The Labute approximate surface area is 192 Å². The lowest BCUT2D eigenvalue weighted by Gasteiger charge is -2.49. The van der Waals surface area contributed by atoms with E-state index in [-0.39, 0.29) is 47.6 Å². The molecule has 7 heteroatoms. The Kier molecular flexibility index (Phi) is 5.51. The van der Waals surface area contributed by atoms with E-state index >= 15 is 0 Å². The van der Waals surface area contributed by atoms with Crippen molar-refractivity contribution < 1.29 is 19.1 Å². The van der Waals surface area contributed by atoms with Gasteiger partial charge in [-0.1, -0.05) is 13.0 Å². The molecule has 6 nitrogen and oxygen atoms in total. The van der Waals surface area contributed by atoms with Gasteiger partial charge in [-0.2, -0.15) is 0 Å². The van der Waals surface area contributed by atoms with Crippen LogP contribution in [0.3, 0.4) is 0 Å². The van der Waals surface area contributed by atoms with Crippen LogP contribution in [0.2, 0.25) is 0 Å². The van der Waals surface area contributed by atoms with Crippen LogP contribution in [-0.2, 0) is 16.0 Å². The first-order valence-electron chi connectivity index (χ1n) is 11.7. The summed E-state index contributed by atoms with van der Waals surface area (Å²) in [6, 6.07) is 5.09. The number of ketones is 1. The zero-order valence-corrected chi connectivity index (χ0v) is 18.6. The lowest BCUT2D eigenvalue weighted by Crippen LogP contribution is -2.44. The molecule has 2 saturated carbocycles. The zero-order chi connectivity index (χ0) is 23.2. The smallest absolute Gasteiger partial charge is 0.225 e. The molecule has 2 fully saturated rings. The number of nitrogens with one attached hydrogen (secondary N) is 1. The summed E-state index contributed by atoms with van der Waals surface area (Å²) in [5.41, 5.74) is 2.17. The SMILES string of the molecule is C[C@]12CCC3c4ccc(F)cc4CCC3C1[C@H](CCC(=O)Nc1cnccn1)/C(=C/O)C2=O. The van der Waals surface area contributed by atoms with Crippen molar-refractivity contribution in [2.24, 2.45) is 23.2 Å². The van der Waals surface area contributed by atoms with E-state index in [1.807, 2.05) is 13.0 Å². The number of aliphatic hydroxyl groups excluding tert-OH is 1. The third-order valence-corrected chi connectivity index (χ3v) is 8.21. The number of halogens is 1. The molecule has 0 bridgehead atoms. The second kappa shape index (κ2) is 8.36. The normalized spacial score (nSPS) is 31.6. The van der Waals surface area contributed by atoms with Crippen LogP contribution >= 0.6 is 0 Å². The van der Waals surface area contributed by atoms with E-state index in [2.05, 4.69) is 15.3 Å². The predicted octanol–water partition coefficient (Wildman–Crippen LogP) is 4.74. The van der Waals surface area contributed by atoms with Crippen molar-refractivity contribution in [2.75, 3.05) is 5.32 Å². The molecule has 1 aromatic heterocycles. The van der Waals surface area contributed by atoms with Gasteiger partial charge in [0.2, 0.25) is 5.91 Å². The van der Waals surface area contributed by atoms with E-state index < -0.39 is 5.41 Å². The summed E-state index contributed by atoms with van der Waals surface area (Å²) in [7, 11) is 0. The van der Waals surface area contributed by atoms with Crippen molar-refractivity contribution in [1.29, 1.82) is 0 Å². The molecular formula is C26H28FN3O3. The standard InChI is InChI=1S/C26H28FN3O3/c1-26-9-8-18-17-5-3-16(27)12-15(17)2-4-19(18)24(26)20(21(14-31)25(26)33)6-7-23(32)30-22-13-28-10-11-29-22/h3,5,10-14,18-20,24,31H,2,4,6-9H2,1H3,(H,29,30,32)/b21-14-/t18?,19?,20-,24?,26+/m1/s1. The molecule has 3 unspecified atom stereocenters. The molecule has 1 aromatic carbocycles. The number of rotatable bonds is 4. The number of carbonyl (C=O) groups excluding carboxylic acids is 2. The van der Waals surface area contributed by atoms with Crippen LogP contribution < -0.4 is 5.32 Å². The van der Waals surface area contributed by atoms with Crippen molar-refractivity contribution in [3.8, 4) is 0 Å². The zero-order valence-electron chi connectivity index (χ0n) is 18.6. The maximum atomic E-state index is 13.8. The van der Waals surface area contributed by atoms with Crippen LogP contribution in [0.5, 0.6) is 0 Å². The van der Waals surface area contributed by atoms with Gasteiger partial charge in [-0.05, 0) is 79.0 Å². The van der Waals surface area contributed by atoms with E-state index in [1.54, 1.807) is 6.07 Å². The van der Waals surface area contributed by atoms with Crippen molar-refractivity contribution in [2.45, 2.75) is 51.4 Å². The summed E-state index contributed by atoms with van der Waals surface area (Å²) in [5.74, 6) is 0.399. The lowest BCUT2D eigenvalue weighted by atomic mass is 9.54. The summed E-state index contributed by atoms with van der Waals surface area (Å²) >= 11 is 0. The van der Waals surface area contributed by atoms with Crippen molar-refractivity contribution >= 4 is 17.5 Å². The van der Waals surface area contributed by atoms with Crippen molar-refractivity contribution in [3.63, 3.8) is 0 Å². The van der Waals surface area contributed by atoms with Gasteiger partial charge in [-0.3, -0.25) is 14.6 Å². The summed E-state index contributed by atoms with van der Waals surface area (Å²) in [6.07, 6.45) is 9.48. The highest BCUT2D eigenvalue weighted by atomic mass is 19.1. The van der Waals surface area contributed by atoms with Gasteiger partial charge < -0.3 is 10.4 Å². The van der Waals surface area contributed by atoms with Crippen LogP contribution in [0.1, 0.15) is 56.1 Å². The number of aliphatic hydroxyl groups is 1. The number of hydrogen-bond acceptors (Lipinski definition) is 5. The van der Waals surface area contributed by atoms with E-state index in [4.69, 9.17) is 0 Å². The number of allylic oxidation sites excluding steroid dienone is 1. The highest BCUT2D eigenvalue weighted by molar-refractivity contribution is 6.03. The summed E-state index contributed by atoms with van der Waals surface area (Å²) in [5, 5.41) is 12.8. The van der Waals surface area contributed by atoms with Gasteiger partial charge in [0.25, 0.3) is 0 Å². The number of benzene rings is 1. The third-order valence-electron chi connectivity index (χ3n) is 8.21. The van der Waals surface area contributed by atoms with Crippen molar-refractivity contribution in [3.05, 3.63) is 65.6 Å². The molecule has 0 spiro atoms. The van der Waals surface area contributed by atoms with Crippen molar-refractivity contribution in [1.82, 2.24) is 9.97 Å². The number of fused-ring (bicyclic) bond motifs is 5. The number of amides is 1. The average molecular weight is 450 g/mol. The minimum absolute atomic E-state index is 0.0117. The van der Waals surface area contributed by atoms with Gasteiger partial charge in [0.15, 0.2) is 11.6 Å². The number of aryl methyl sites for hydroxylation is 1. The Morgan fingerprint density at radius 1 is 1.33 bits per heavy atom.